The summed E-state index contributed by atoms with van der Waals surface area (Å²) in [6.07, 6.45) is 1.91. The number of hydrogen-bond acceptors (Lipinski definition) is 4. The fraction of sp³-hybridized carbons (Fsp3) is 0.111. The number of benzene rings is 1. The largest absolute Gasteiger partial charge is 0.411 e. The topological polar surface area (TPSA) is 38.9 Å². The Balaban J connectivity index is 2.34. The summed E-state index contributed by atoms with van der Waals surface area (Å²) in [5, 5.41) is 8.42. The molecule has 0 aliphatic carbocycles. The predicted octanol–water partition coefficient (Wildman–Crippen LogP) is 3.06. The average molecular weight is 318 g/mol. The van der Waals surface area contributed by atoms with Crippen LogP contribution in [-0.2, 0) is 0 Å². The summed E-state index contributed by atoms with van der Waals surface area (Å²) in [6, 6.07) is 7.97. The van der Waals surface area contributed by atoms with E-state index in [9.17, 15) is 0 Å². The van der Waals surface area contributed by atoms with Gasteiger partial charge in [0.1, 0.15) is 0 Å². The van der Waals surface area contributed by atoms with Crippen molar-refractivity contribution in [3.8, 4) is 11.5 Å². The van der Waals surface area contributed by atoms with Gasteiger partial charge in [-0.1, -0.05) is 11.8 Å². The van der Waals surface area contributed by atoms with Gasteiger partial charge in [-0.05, 0) is 53.1 Å². The normalized spacial score (nSPS) is 10.4. The predicted molar refractivity (Wildman–Crippen MR) is 64.2 cm³/mol. The SMILES string of the molecule is CSc1nnc(-c2ccc(I)cc2)o1. The minimum Gasteiger partial charge on any atom is -0.411 e. The van der Waals surface area contributed by atoms with Gasteiger partial charge in [-0.2, -0.15) is 0 Å². The van der Waals surface area contributed by atoms with Gasteiger partial charge in [0.15, 0.2) is 0 Å². The molecule has 0 amide bonds. The van der Waals surface area contributed by atoms with Crippen LogP contribution in [-0.4, -0.2) is 16.5 Å². The van der Waals surface area contributed by atoms with E-state index >= 15 is 0 Å². The molecule has 1 heterocycles. The van der Waals surface area contributed by atoms with Crippen LogP contribution in [0.15, 0.2) is 33.9 Å². The van der Waals surface area contributed by atoms with E-state index in [1.54, 1.807) is 0 Å². The van der Waals surface area contributed by atoms with Gasteiger partial charge < -0.3 is 4.42 Å². The maximum absolute atomic E-state index is 5.40. The summed E-state index contributed by atoms with van der Waals surface area (Å²) < 4.78 is 6.59. The number of thioether (sulfide) groups is 1. The van der Waals surface area contributed by atoms with Crippen LogP contribution in [0.3, 0.4) is 0 Å². The van der Waals surface area contributed by atoms with Crippen LogP contribution in [0.5, 0.6) is 0 Å². The molecule has 0 radical (unpaired) electrons. The standard InChI is InChI=1S/C9H7IN2OS/c1-14-9-12-11-8(13-9)6-2-4-7(10)5-3-6/h2-5H,1H3. The van der Waals surface area contributed by atoms with Gasteiger partial charge in [-0.25, -0.2) is 0 Å². The van der Waals surface area contributed by atoms with Gasteiger partial charge in [0.25, 0.3) is 5.22 Å². The van der Waals surface area contributed by atoms with Crippen molar-refractivity contribution in [2.24, 2.45) is 0 Å². The van der Waals surface area contributed by atoms with Crippen molar-refractivity contribution in [3.05, 3.63) is 27.8 Å². The van der Waals surface area contributed by atoms with Crippen LogP contribution < -0.4 is 0 Å². The van der Waals surface area contributed by atoms with Crippen molar-refractivity contribution in [1.29, 1.82) is 0 Å². The highest BCUT2D eigenvalue weighted by molar-refractivity contribution is 14.1. The summed E-state index contributed by atoms with van der Waals surface area (Å²) in [5.74, 6) is 0.575. The number of halogens is 1. The third kappa shape index (κ3) is 2.09. The van der Waals surface area contributed by atoms with Crippen LogP contribution in [0.2, 0.25) is 0 Å². The average Bonchev–Trinajstić information content (AvgIpc) is 2.67. The first-order valence-corrected chi connectivity index (χ1v) is 6.23. The molecule has 5 heteroatoms. The van der Waals surface area contributed by atoms with Crippen LogP contribution in [0.1, 0.15) is 0 Å². The van der Waals surface area contributed by atoms with Gasteiger partial charge in [0.2, 0.25) is 5.89 Å². The summed E-state index contributed by atoms with van der Waals surface area (Å²) >= 11 is 3.70. The van der Waals surface area contributed by atoms with Crippen LogP contribution in [0.25, 0.3) is 11.5 Å². The number of nitrogens with zero attached hydrogens (tertiary/aromatic N) is 2. The molecule has 14 heavy (non-hydrogen) atoms. The Morgan fingerprint density at radius 2 is 1.93 bits per heavy atom. The van der Waals surface area contributed by atoms with E-state index in [1.807, 2.05) is 30.5 Å². The molecule has 0 bridgehead atoms. The molecular weight excluding hydrogens is 311 g/mol. The molecule has 72 valence electrons. The Kier molecular flexibility index (Phi) is 3.07. The van der Waals surface area contributed by atoms with E-state index in [0.717, 1.165) is 5.56 Å². The zero-order valence-corrected chi connectivity index (χ0v) is 10.4. The number of rotatable bonds is 2. The molecule has 2 aromatic rings. The maximum atomic E-state index is 5.40. The monoisotopic (exact) mass is 318 g/mol. The smallest absolute Gasteiger partial charge is 0.276 e. The second-order valence-electron chi connectivity index (χ2n) is 2.58. The zero-order valence-electron chi connectivity index (χ0n) is 7.40. The van der Waals surface area contributed by atoms with Crippen molar-refractivity contribution in [1.82, 2.24) is 10.2 Å². The molecule has 0 aliphatic heterocycles. The molecule has 0 unspecified atom stereocenters. The Morgan fingerprint density at radius 1 is 1.21 bits per heavy atom. The molecule has 1 aromatic carbocycles. The van der Waals surface area contributed by atoms with Crippen LogP contribution in [0, 0.1) is 3.57 Å². The molecule has 0 saturated heterocycles. The van der Waals surface area contributed by atoms with E-state index in [2.05, 4.69) is 32.8 Å². The second-order valence-corrected chi connectivity index (χ2v) is 4.59. The zero-order chi connectivity index (χ0) is 9.97. The first-order chi connectivity index (χ1) is 6.79. The molecule has 0 saturated carbocycles. The maximum Gasteiger partial charge on any atom is 0.276 e. The highest BCUT2D eigenvalue weighted by Gasteiger charge is 2.06. The van der Waals surface area contributed by atoms with E-state index in [4.69, 9.17) is 4.42 Å². The number of hydrogen-bond donors (Lipinski definition) is 0. The van der Waals surface area contributed by atoms with Crippen molar-refractivity contribution in [2.75, 3.05) is 6.26 Å². The fourth-order valence-corrected chi connectivity index (χ4v) is 1.65. The van der Waals surface area contributed by atoms with Gasteiger partial charge >= 0.3 is 0 Å². The molecule has 0 aliphatic rings. The van der Waals surface area contributed by atoms with Crippen LogP contribution in [0.4, 0.5) is 0 Å². The summed E-state index contributed by atoms with van der Waals surface area (Å²) in [4.78, 5) is 0. The molecule has 2 rings (SSSR count). The van der Waals surface area contributed by atoms with Gasteiger partial charge in [-0.15, -0.1) is 10.2 Å². The lowest BCUT2D eigenvalue weighted by molar-refractivity contribution is 0.466. The lowest BCUT2D eigenvalue weighted by Crippen LogP contribution is -1.77. The first-order valence-electron chi connectivity index (χ1n) is 3.93. The molecule has 3 nitrogen and oxygen atoms in total. The minimum absolute atomic E-state index is 0.575. The minimum atomic E-state index is 0.575. The van der Waals surface area contributed by atoms with E-state index in [1.165, 1.54) is 15.3 Å². The third-order valence-electron chi connectivity index (χ3n) is 1.67. The molecule has 0 N–H and O–H groups in total. The van der Waals surface area contributed by atoms with Crippen molar-refractivity contribution in [3.63, 3.8) is 0 Å². The molecule has 0 atom stereocenters. The lowest BCUT2D eigenvalue weighted by atomic mass is 10.2. The van der Waals surface area contributed by atoms with E-state index < -0.39 is 0 Å². The summed E-state index contributed by atoms with van der Waals surface area (Å²) in [5.41, 5.74) is 0.957. The summed E-state index contributed by atoms with van der Waals surface area (Å²) in [6.45, 7) is 0. The Hall–Kier alpha value is -0.560. The highest BCUT2D eigenvalue weighted by atomic mass is 127. The van der Waals surface area contributed by atoms with Crippen molar-refractivity contribution in [2.45, 2.75) is 5.22 Å². The van der Waals surface area contributed by atoms with Crippen molar-refractivity contribution >= 4 is 34.4 Å². The third-order valence-corrected chi connectivity index (χ3v) is 2.91. The van der Waals surface area contributed by atoms with Gasteiger partial charge in [0.05, 0.1) is 0 Å². The molecular formula is C9H7IN2OS. The Labute approximate surface area is 99.4 Å². The lowest BCUT2D eigenvalue weighted by Gasteiger charge is -1.93. The van der Waals surface area contributed by atoms with E-state index in [-0.39, 0.29) is 0 Å². The molecule has 0 fully saturated rings. The van der Waals surface area contributed by atoms with Crippen LogP contribution >= 0.6 is 34.4 Å². The quantitative estimate of drug-likeness (QED) is 0.630. The second kappa shape index (κ2) is 4.31. The van der Waals surface area contributed by atoms with Gasteiger partial charge in [-0.3, -0.25) is 0 Å². The van der Waals surface area contributed by atoms with Gasteiger partial charge in [0, 0.05) is 9.13 Å². The Morgan fingerprint density at radius 3 is 2.50 bits per heavy atom. The molecule has 1 aromatic heterocycles. The fourth-order valence-electron chi connectivity index (χ4n) is 1.00. The van der Waals surface area contributed by atoms with E-state index in [0.29, 0.717) is 11.1 Å². The highest BCUT2D eigenvalue weighted by Crippen LogP contribution is 2.22. The molecule has 0 spiro atoms. The number of aromatic nitrogens is 2. The Bertz CT molecular complexity index is 427. The summed E-state index contributed by atoms with van der Waals surface area (Å²) in [7, 11) is 0. The van der Waals surface area contributed by atoms with Crippen molar-refractivity contribution < 1.29 is 4.42 Å². The first kappa shape index (κ1) is 9.97.